The van der Waals surface area contributed by atoms with Crippen LogP contribution in [0.5, 0.6) is 0 Å². The van der Waals surface area contributed by atoms with E-state index in [1.54, 1.807) is 0 Å². The molecule has 2 heterocycles. The van der Waals surface area contributed by atoms with Gasteiger partial charge in [-0.15, -0.1) is 0 Å². The third-order valence-corrected chi connectivity index (χ3v) is 5.80. The summed E-state index contributed by atoms with van der Waals surface area (Å²) in [5, 5.41) is 16.8. The molecule has 0 aromatic carbocycles. The van der Waals surface area contributed by atoms with Gasteiger partial charge in [-0.2, -0.15) is 0 Å². The fraction of sp³-hybridized carbons (Fsp3) is 0.500. The molecule has 0 bridgehead atoms. The van der Waals surface area contributed by atoms with Crippen LogP contribution in [0, 0.1) is 11.8 Å². The first-order valence-corrected chi connectivity index (χ1v) is 10.2. The van der Waals surface area contributed by atoms with Crippen LogP contribution >= 0.6 is 0 Å². The van der Waals surface area contributed by atoms with Gasteiger partial charge in [0, 0.05) is 30.7 Å². The van der Waals surface area contributed by atoms with Crippen LogP contribution in [0.1, 0.15) is 37.8 Å². The van der Waals surface area contributed by atoms with Gasteiger partial charge in [0.2, 0.25) is 0 Å². The van der Waals surface area contributed by atoms with Crippen molar-refractivity contribution in [2.45, 2.75) is 50.5 Å². The zero-order chi connectivity index (χ0) is 18.5. The lowest BCUT2D eigenvalue weighted by atomic mass is 9.82. The summed E-state index contributed by atoms with van der Waals surface area (Å²) in [7, 11) is 0. The number of aliphatic hydroxyl groups is 1. The molecule has 4 N–H and O–H groups in total. The Hall–Kier alpha value is -1.95. The normalized spacial score (nSPS) is 31.7. The molecule has 5 nitrogen and oxygen atoms in total. The van der Waals surface area contributed by atoms with Crippen molar-refractivity contribution in [3.05, 3.63) is 60.5 Å². The Balaban J connectivity index is 1.25. The molecule has 2 aliphatic carbocycles. The number of nitrogens with zero attached hydrogens (tertiary/aromatic N) is 1. The molecule has 5 atom stereocenters. The minimum absolute atomic E-state index is 0.224. The van der Waals surface area contributed by atoms with E-state index >= 15 is 0 Å². The van der Waals surface area contributed by atoms with E-state index in [4.69, 9.17) is 4.99 Å². The number of aliphatic imine (C=N–C) groups is 1. The average Bonchev–Trinajstić information content (AvgIpc) is 3.24. The number of aliphatic hydroxyl groups excluding tert-OH is 1. The monoisotopic (exact) mass is 366 g/mol. The first-order chi connectivity index (χ1) is 13.3. The fourth-order valence-corrected chi connectivity index (χ4v) is 4.22. The summed E-state index contributed by atoms with van der Waals surface area (Å²) < 4.78 is 0. The third-order valence-electron chi connectivity index (χ3n) is 5.80. The lowest BCUT2D eigenvalue weighted by molar-refractivity contribution is 0.0818. The quantitative estimate of drug-likeness (QED) is 0.462. The van der Waals surface area contributed by atoms with Gasteiger partial charge in [0.1, 0.15) is 0 Å². The molecular formula is C22H30N4O. The van der Waals surface area contributed by atoms with Crippen molar-refractivity contribution in [2.75, 3.05) is 6.54 Å². The predicted octanol–water partition coefficient (Wildman–Crippen LogP) is 2.89. The van der Waals surface area contributed by atoms with Gasteiger partial charge in [-0.25, -0.2) is 0 Å². The van der Waals surface area contributed by atoms with Gasteiger partial charge >= 0.3 is 0 Å². The summed E-state index contributed by atoms with van der Waals surface area (Å²) in [6.07, 6.45) is 20.2. The van der Waals surface area contributed by atoms with E-state index in [9.17, 15) is 5.11 Å². The molecule has 0 radical (unpaired) electrons. The number of aromatic nitrogens is 1. The number of rotatable bonds is 6. The highest BCUT2D eigenvalue weighted by Gasteiger charge is 2.25. The van der Waals surface area contributed by atoms with E-state index in [2.05, 4.69) is 58.1 Å². The molecule has 0 spiro atoms. The maximum Gasteiger partial charge on any atom is 0.161 e. The molecule has 5 unspecified atom stereocenters. The second kappa shape index (κ2) is 8.83. The van der Waals surface area contributed by atoms with Gasteiger partial charge in [0.15, 0.2) is 6.35 Å². The third kappa shape index (κ3) is 4.86. The number of nitrogens with one attached hydrogen (secondary N) is 3. The second-order valence-electron chi connectivity index (χ2n) is 7.77. The topological polar surface area (TPSA) is 72.4 Å². The molecule has 144 valence electrons. The van der Waals surface area contributed by atoms with Crippen LogP contribution in [0.2, 0.25) is 0 Å². The highest BCUT2D eigenvalue weighted by molar-refractivity contribution is 6.07. The first kappa shape index (κ1) is 18.4. The summed E-state index contributed by atoms with van der Waals surface area (Å²) in [5.74, 6) is 0.996. The molecule has 1 aliphatic heterocycles. The molecule has 27 heavy (non-hydrogen) atoms. The lowest BCUT2D eigenvalue weighted by Crippen LogP contribution is -2.50. The fourth-order valence-electron chi connectivity index (χ4n) is 4.22. The molecule has 3 aliphatic rings. The molecule has 0 amide bonds. The number of hydrogen-bond donors (Lipinski definition) is 4. The van der Waals surface area contributed by atoms with E-state index < -0.39 is 6.35 Å². The van der Waals surface area contributed by atoms with Crippen molar-refractivity contribution in [1.29, 1.82) is 0 Å². The van der Waals surface area contributed by atoms with Crippen molar-refractivity contribution < 1.29 is 5.11 Å². The maximum absolute atomic E-state index is 10.3. The van der Waals surface area contributed by atoms with Crippen molar-refractivity contribution in [2.24, 2.45) is 16.8 Å². The highest BCUT2D eigenvalue weighted by Crippen LogP contribution is 2.28. The van der Waals surface area contributed by atoms with E-state index in [-0.39, 0.29) is 12.1 Å². The Bertz CT molecular complexity index is 719. The maximum atomic E-state index is 10.3. The van der Waals surface area contributed by atoms with Crippen molar-refractivity contribution in [3.63, 3.8) is 0 Å². The van der Waals surface area contributed by atoms with Gasteiger partial charge in [0.05, 0.1) is 11.4 Å². The number of aromatic amines is 1. The summed E-state index contributed by atoms with van der Waals surface area (Å²) in [6.45, 7) is 0.843. The van der Waals surface area contributed by atoms with E-state index in [1.165, 1.54) is 6.42 Å². The van der Waals surface area contributed by atoms with Crippen LogP contribution < -0.4 is 10.6 Å². The largest absolute Gasteiger partial charge is 0.365 e. The Morgan fingerprint density at radius 1 is 1.04 bits per heavy atom. The van der Waals surface area contributed by atoms with Crippen molar-refractivity contribution in [1.82, 2.24) is 15.6 Å². The number of allylic oxidation sites excluding steroid dienone is 3. The minimum Gasteiger partial charge on any atom is -0.365 e. The van der Waals surface area contributed by atoms with Gasteiger partial charge < -0.3 is 10.1 Å². The Morgan fingerprint density at radius 3 is 2.56 bits per heavy atom. The first-order valence-electron chi connectivity index (χ1n) is 10.2. The van der Waals surface area contributed by atoms with E-state index in [0.717, 1.165) is 43.6 Å². The minimum atomic E-state index is -0.661. The molecule has 1 aromatic heterocycles. The molecule has 4 rings (SSSR count). The number of H-pyrrole nitrogens is 1. The van der Waals surface area contributed by atoms with Crippen LogP contribution in [0.4, 0.5) is 0 Å². The number of dihydropyridines is 1. The van der Waals surface area contributed by atoms with Crippen LogP contribution in [0.15, 0.2) is 59.8 Å². The van der Waals surface area contributed by atoms with E-state index in [0.29, 0.717) is 11.8 Å². The van der Waals surface area contributed by atoms with Crippen molar-refractivity contribution >= 4 is 5.71 Å². The Labute approximate surface area is 161 Å². The number of hydrogen-bond acceptors (Lipinski definition) is 4. The Morgan fingerprint density at radius 2 is 1.93 bits per heavy atom. The van der Waals surface area contributed by atoms with Crippen LogP contribution in [0.3, 0.4) is 0 Å². The summed E-state index contributed by atoms with van der Waals surface area (Å²) in [4.78, 5) is 7.97. The van der Waals surface area contributed by atoms with E-state index in [1.807, 2.05) is 12.3 Å². The average molecular weight is 367 g/mol. The molecule has 5 heteroatoms. The predicted molar refractivity (Wildman–Crippen MR) is 110 cm³/mol. The standard InChI is InChI=1S/C22H30N4O/c27-22(25-18-5-2-1-3-6-18)26-19-11-8-16(9-12-19)17-10-13-21(24-15-17)20-7-4-14-23-20/h2,4-5,7-8,10-11,13-14,16-19,22-23,25-27H,1,3,6,9,12,15H2. The van der Waals surface area contributed by atoms with Gasteiger partial charge in [-0.1, -0.05) is 30.4 Å². The SMILES string of the molecule is OC(NC1C=CCCC1)NC1C=CC(C2C=CC(c3ccc[nH]3)=NC2)CC1. The van der Waals surface area contributed by atoms with Crippen LogP contribution in [-0.4, -0.2) is 40.8 Å². The molecule has 1 aromatic rings. The van der Waals surface area contributed by atoms with Gasteiger partial charge in [0.25, 0.3) is 0 Å². The second-order valence-corrected chi connectivity index (χ2v) is 7.77. The van der Waals surface area contributed by atoms with Crippen LogP contribution in [-0.2, 0) is 0 Å². The van der Waals surface area contributed by atoms with Crippen LogP contribution in [0.25, 0.3) is 0 Å². The molecular weight excluding hydrogens is 336 g/mol. The lowest BCUT2D eigenvalue weighted by Gasteiger charge is -2.31. The molecule has 0 fully saturated rings. The van der Waals surface area contributed by atoms with Gasteiger partial charge in [-0.3, -0.25) is 15.6 Å². The van der Waals surface area contributed by atoms with Gasteiger partial charge in [-0.05, 0) is 56.2 Å². The summed E-state index contributed by atoms with van der Waals surface area (Å²) in [5.41, 5.74) is 2.13. The summed E-state index contributed by atoms with van der Waals surface area (Å²) in [6, 6.07) is 4.56. The zero-order valence-corrected chi connectivity index (χ0v) is 15.7. The molecule has 0 saturated carbocycles. The zero-order valence-electron chi connectivity index (χ0n) is 15.7. The highest BCUT2D eigenvalue weighted by atomic mass is 16.3. The molecule has 0 saturated heterocycles. The summed E-state index contributed by atoms with van der Waals surface area (Å²) >= 11 is 0. The smallest absolute Gasteiger partial charge is 0.161 e. The van der Waals surface area contributed by atoms with Crippen molar-refractivity contribution in [3.8, 4) is 0 Å². The Kier molecular flexibility index (Phi) is 6.02.